The van der Waals surface area contributed by atoms with Crippen molar-refractivity contribution in [3.05, 3.63) is 53.7 Å². The van der Waals surface area contributed by atoms with Crippen LogP contribution in [0.4, 0.5) is 51.2 Å². The number of nitrogens with two attached hydrogens (primary N) is 1. The summed E-state index contributed by atoms with van der Waals surface area (Å²) >= 11 is 0. The van der Waals surface area contributed by atoms with Gasteiger partial charge in [-0.3, -0.25) is 9.80 Å². The van der Waals surface area contributed by atoms with E-state index in [0.717, 1.165) is 20.3 Å². The van der Waals surface area contributed by atoms with Crippen molar-refractivity contribution in [2.24, 2.45) is 0 Å². The molecule has 3 aromatic rings. The number of rotatable bonds is 7. The number of benzene rings is 2. The number of amides is 2. The molecule has 0 atom stereocenters. The summed E-state index contributed by atoms with van der Waals surface area (Å²) in [6, 6.07) is 6.59. The van der Waals surface area contributed by atoms with E-state index in [1.54, 1.807) is 24.3 Å². The van der Waals surface area contributed by atoms with Crippen LogP contribution in [0.5, 0.6) is 11.5 Å². The second-order valence-corrected chi connectivity index (χ2v) is 7.38. The van der Waals surface area contributed by atoms with Gasteiger partial charge in [-0.1, -0.05) is 12.1 Å². The van der Waals surface area contributed by atoms with Gasteiger partial charge in [0.25, 0.3) is 6.43 Å². The number of ether oxygens (including phenoxy) is 2. The molecule has 184 valence electrons. The number of carbonyl (C=O) groups is 1. The second kappa shape index (κ2) is 9.52. The van der Waals surface area contributed by atoms with E-state index in [4.69, 9.17) is 15.2 Å². The molecular weight excluding hydrogens is 472 g/mol. The molecule has 0 fully saturated rings. The maximum atomic E-state index is 15.1. The number of hydrogen-bond donors (Lipinski definition) is 2. The van der Waals surface area contributed by atoms with E-state index in [0.29, 0.717) is 21.2 Å². The Morgan fingerprint density at radius 2 is 1.80 bits per heavy atom. The van der Waals surface area contributed by atoms with E-state index in [1.165, 1.54) is 6.20 Å². The number of urea groups is 1. The summed E-state index contributed by atoms with van der Waals surface area (Å²) in [5.41, 5.74) is 6.12. The first-order chi connectivity index (χ1) is 16.7. The standard InChI is InChI=1S/C22H20F4N6O3/c1-34-14-7-15(35-2)18(26)19(17(14)25)31-9-11-8-28-21(29-13-6-4-3-5-12(13)27)30-20(11)32(22(31)33)10-16(23)24/h3-8,16H,9-10,27H2,1-2H3,(H,28,29,30). The lowest BCUT2D eigenvalue weighted by molar-refractivity contribution is 0.154. The molecule has 1 aromatic heterocycles. The van der Waals surface area contributed by atoms with Gasteiger partial charge in [-0.15, -0.1) is 0 Å². The van der Waals surface area contributed by atoms with Crippen LogP contribution in [0.15, 0.2) is 36.5 Å². The van der Waals surface area contributed by atoms with E-state index >= 15 is 8.78 Å². The fourth-order valence-corrected chi connectivity index (χ4v) is 3.60. The molecule has 0 bridgehead atoms. The zero-order valence-corrected chi connectivity index (χ0v) is 18.6. The molecule has 1 aliphatic heterocycles. The van der Waals surface area contributed by atoms with Gasteiger partial charge in [0.05, 0.1) is 38.7 Å². The lowest BCUT2D eigenvalue weighted by Crippen LogP contribution is -2.50. The Morgan fingerprint density at radius 1 is 1.14 bits per heavy atom. The predicted octanol–water partition coefficient (Wildman–Crippen LogP) is 4.31. The van der Waals surface area contributed by atoms with Crippen LogP contribution in [0, 0.1) is 11.6 Å². The van der Waals surface area contributed by atoms with Gasteiger partial charge in [0.1, 0.15) is 11.5 Å². The van der Waals surface area contributed by atoms with Gasteiger partial charge in [0.2, 0.25) is 5.95 Å². The molecule has 0 saturated carbocycles. The third-order valence-corrected chi connectivity index (χ3v) is 5.24. The van der Waals surface area contributed by atoms with Crippen LogP contribution in [0.25, 0.3) is 0 Å². The molecule has 4 rings (SSSR count). The number of nitrogens with one attached hydrogen (secondary N) is 1. The Labute approximate surface area is 197 Å². The minimum absolute atomic E-state index is 0.0115. The topological polar surface area (TPSA) is 106 Å². The van der Waals surface area contributed by atoms with Gasteiger partial charge in [-0.25, -0.2) is 27.3 Å². The van der Waals surface area contributed by atoms with Gasteiger partial charge in [0, 0.05) is 17.8 Å². The number of aromatic nitrogens is 2. The Hall–Kier alpha value is -4.29. The summed E-state index contributed by atoms with van der Waals surface area (Å²) in [7, 11) is 2.30. The Balaban J connectivity index is 1.79. The Morgan fingerprint density at radius 3 is 2.40 bits per heavy atom. The number of halogens is 4. The van der Waals surface area contributed by atoms with E-state index in [1.807, 2.05) is 0 Å². The fraction of sp³-hybridized carbons (Fsp3) is 0.227. The quantitative estimate of drug-likeness (QED) is 0.374. The first-order valence-corrected chi connectivity index (χ1v) is 10.2. The van der Waals surface area contributed by atoms with E-state index in [9.17, 15) is 13.6 Å². The fourth-order valence-electron chi connectivity index (χ4n) is 3.60. The number of hydrogen-bond acceptors (Lipinski definition) is 7. The molecule has 1 aliphatic rings. The minimum Gasteiger partial charge on any atom is -0.493 e. The zero-order chi connectivity index (χ0) is 25.3. The van der Waals surface area contributed by atoms with Crippen molar-refractivity contribution in [3.63, 3.8) is 0 Å². The van der Waals surface area contributed by atoms with Crippen LogP contribution >= 0.6 is 0 Å². The molecular formula is C22H20F4N6O3. The first kappa shape index (κ1) is 23.9. The van der Waals surface area contributed by atoms with Crippen molar-refractivity contribution in [3.8, 4) is 11.5 Å². The molecule has 0 aliphatic carbocycles. The van der Waals surface area contributed by atoms with Crippen molar-refractivity contribution < 1.29 is 31.8 Å². The summed E-state index contributed by atoms with van der Waals surface area (Å²) < 4.78 is 66.9. The van der Waals surface area contributed by atoms with Gasteiger partial charge in [0.15, 0.2) is 23.1 Å². The van der Waals surface area contributed by atoms with Crippen molar-refractivity contribution in [1.82, 2.24) is 9.97 Å². The van der Waals surface area contributed by atoms with Gasteiger partial charge < -0.3 is 20.5 Å². The number of methoxy groups -OCH3 is 2. The lowest BCUT2D eigenvalue weighted by Gasteiger charge is -2.36. The van der Waals surface area contributed by atoms with Crippen LogP contribution in [-0.4, -0.2) is 43.2 Å². The molecule has 13 heteroatoms. The number of nitrogen functional groups attached to an aromatic ring is 1. The average molecular weight is 492 g/mol. The molecule has 3 N–H and O–H groups in total. The second-order valence-electron chi connectivity index (χ2n) is 7.38. The van der Waals surface area contributed by atoms with Crippen LogP contribution < -0.4 is 30.3 Å². The van der Waals surface area contributed by atoms with E-state index in [2.05, 4.69) is 15.3 Å². The molecule has 0 saturated heterocycles. The zero-order valence-electron chi connectivity index (χ0n) is 18.6. The van der Waals surface area contributed by atoms with Crippen LogP contribution in [0.2, 0.25) is 0 Å². The summed E-state index contributed by atoms with van der Waals surface area (Å²) in [5, 5.41) is 2.86. The summed E-state index contributed by atoms with van der Waals surface area (Å²) in [6.07, 6.45) is -1.69. The average Bonchev–Trinajstić information content (AvgIpc) is 2.83. The third kappa shape index (κ3) is 4.44. The largest absolute Gasteiger partial charge is 0.493 e. The molecule has 0 unspecified atom stereocenters. The van der Waals surface area contributed by atoms with Crippen LogP contribution in [0.3, 0.4) is 0 Å². The first-order valence-electron chi connectivity index (χ1n) is 10.2. The number of anilines is 5. The third-order valence-electron chi connectivity index (χ3n) is 5.24. The summed E-state index contributed by atoms with van der Waals surface area (Å²) in [4.78, 5) is 22.9. The van der Waals surface area contributed by atoms with Crippen molar-refractivity contribution >= 4 is 34.9 Å². The molecule has 9 nitrogen and oxygen atoms in total. The van der Waals surface area contributed by atoms with E-state index < -0.39 is 54.4 Å². The molecule has 35 heavy (non-hydrogen) atoms. The SMILES string of the molecule is COc1cc(OC)c(F)c(N2Cc3cnc(Nc4ccccc4N)nc3N(CC(F)F)C2=O)c1F. The van der Waals surface area contributed by atoms with Crippen molar-refractivity contribution in [2.45, 2.75) is 13.0 Å². The predicted molar refractivity (Wildman–Crippen MR) is 121 cm³/mol. The summed E-state index contributed by atoms with van der Waals surface area (Å²) in [6.45, 7) is -1.47. The smallest absolute Gasteiger partial charge is 0.330 e. The van der Waals surface area contributed by atoms with Crippen molar-refractivity contribution in [1.29, 1.82) is 0 Å². The highest BCUT2D eigenvalue weighted by Crippen LogP contribution is 2.40. The number of para-hydroxylation sites is 2. The monoisotopic (exact) mass is 492 g/mol. The molecule has 0 spiro atoms. The number of carbonyl (C=O) groups excluding carboxylic acids is 1. The highest BCUT2D eigenvalue weighted by Gasteiger charge is 2.38. The van der Waals surface area contributed by atoms with Gasteiger partial charge in [-0.05, 0) is 12.1 Å². The lowest BCUT2D eigenvalue weighted by atomic mass is 10.1. The van der Waals surface area contributed by atoms with E-state index in [-0.39, 0.29) is 17.3 Å². The van der Waals surface area contributed by atoms with Crippen molar-refractivity contribution in [2.75, 3.05) is 41.6 Å². The number of fused-ring (bicyclic) bond motifs is 1. The minimum atomic E-state index is -2.96. The summed E-state index contributed by atoms with van der Waals surface area (Å²) in [5.74, 6) is -3.32. The number of nitrogens with zero attached hydrogens (tertiary/aromatic N) is 4. The van der Waals surface area contributed by atoms with Gasteiger partial charge >= 0.3 is 6.03 Å². The highest BCUT2D eigenvalue weighted by molar-refractivity contribution is 6.06. The molecule has 2 heterocycles. The van der Waals surface area contributed by atoms with Crippen LogP contribution in [0.1, 0.15) is 5.56 Å². The highest BCUT2D eigenvalue weighted by atomic mass is 19.3. The normalized spacial score (nSPS) is 13.2. The maximum Gasteiger partial charge on any atom is 0.330 e. The Kier molecular flexibility index (Phi) is 6.49. The maximum absolute atomic E-state index is 15.1. The Bertz CT molecular complexity index is 1250. The van der Waals surface area contributed by atoms with Crippen LogP contribution in [-0.2, 0) is 6.54 Å². The molecule has 0 radical (unpaired) electrons. The van der Waals surface area contributed by atoms with Gasteiger partial charge in [-0.2, -0.15) is 4.98 Å². The number of alkyl halides is 2. The molecule has 2 aromatic carbocycles. The molecule has 2 amide bonds.